The predicted octanol–water partition coefficient (Wildman–Crippen LogP) is 1.54. The molecule has 6 nitrogen and oxygen atoms in total. The van der Waals surface area contributed by atoms with Crippen molar-refractivity contribution < 1.29 is 8.42 Å². The number of thiol groups is 1. The lowest BCUT2D eigenvalue weighted by atomic mass is 10.0. The Bertz CT molecular complexity index is 967. The maximum Gasteiger partial charge on any atom is 0.274 e. The van der Waals surface area contributed by atoms with Gasteiger partial charge in [0.05, 0.1) is 11.1 Å². The van der Waals surface area contributed by atoms with E-state index in [1.807, 2.05) is 18.2 Å². The van der Waals surface area contributed by atoms with Crippen LogP contribution in [0.2, 0.25) is 0 Å². The van der Waals surface area contributed by atoms with Crippen LogP contribution in [0.4, 0.5) is 5.69 Å². The van der Waals surface area contributed by atoms with Gasteiger partial charge in [0.25, 0.3) is 5.56 Å². The van der Waals surface area contributed by atoms with Crippen molar-refractivity contribution in [2.45, 2.75) is 0 Å². The Kier molecular flexibility index (Phi) is 3.64. The number of fused-ring (bicyclic) bond motifs is 1. The second kappa shape index (κ2) is 5.61. The van der Waals surface area contributed by atoms with Crippen molar-refractivity contribution in [3.8, 4) is 11.3 Å². The molecule has 22 heavy (non-hydrogen) atoms. The highest BCUT2D eigenvalue weighted by molar-refractivity contribution is 7.73. The fraction of sp³-hybridized carbons (Fsp3) is 0.0667. The van der Waals surface area contributed by atoms with Gasteiger partial charge in [0.1, 0.15) is 0 Å². The molecule has 0 unspecified atom stereocenters. The molecule has 0 saturated carbocycles. The van der Waals surface area contributed by atoms with Gasteiger partial charge in [0.2, 0.25) is 10.9 Å². The first-order chi connectivity index (χ1) is 10.6. The number of hydrogen-bond donors (Lipinski definition) is 2. The minimum absolute atomic E-state index is 0.152. The first-order valence-electron chi connectivity index (χ1n) is 6.54. The Morgan fingerprint density at radius 3 is 2.27 bits per heavy atom. The molecular formula is C15H13N3O3S. The van der Waals surface area contributed by atoms with Crippen molar-refractivity contribution in [1.82, 2.24) is 9.78 Å². The molecule has 2 aromatic carbocycles. The van der Waals surface area contributed by atoms with Crippen LogP contribution in [0, 0.1) is 0 Å². The quantitative estimate of drug-likeness (QED) is 0.718. The van der Waals surface area contributed by atoms with Gasteiger partial charge in [-0.2, -0.15) is 5.10 Å². The van der Waals surface area contributed by atoms with Crippen LogP contribution >= 0.6 is 0 Å². The van der Waals surface area contributed by atoms with E-state index in [0.29, 0.717) is 16.8 Å². The fourth-order valence-electron chi connectivity index (χ4n) is 2.32. The van der Waals surface area contributed by atoms with E-state index in [1.54, 1.807) is 37.4 Å². The van der Waals surface area contributed by atoms with Crippen molar-refractivity contribution in [2.24, 2.45) is 7.05 Å². The van der Waals surface area contributed by atoms with Crippen LogP contribution in [0.25, 0.3) is 22.0 Å². The zero-order valence-corrected chi connectivity index (χ0v) is 12.6. The molecule has 112 valence electrons. The average molecular weight is 315 g/mol. The molecule has 3 rings (SSSR count). The number of anilines is 1. The van der Waals surface area contributed by atoms with Crippen molar-refractivity contribution >= 4 is 27.4 Å². The highest BCUT2D eigenvalue weighted by Crippen LogP contribution is 2.25. The van der Waals surface area contributed by atoms with E-state index in [9.17, 15) is 13.2 Å². The number of aryl methyl sites for hydroxylation is 1. The second-order valence-electron chi connectivity index (χ2n) is 4.77. The number of nitrogens with one attached hydrogen (secondary N) is 1. The van der Waals surface area contributed by atoms with E-state index in [4.69, 9.17) is 0 Å². The van der Waals surface area contributed by atoms with Crippen LogP contribution in [-0.2, 0) is 17.9 Å². The van der Waals surface area contributed by atoms with Gasteiger partial charge in [-0.25, -0.2) is 13.1 Å². The number of rotatable bonds is 3. The maximum atomic E-state index is 12.1. The van der Waals surface area contributed by atoms with Gasteiger partial charge < -0.3 is 0 Å². The topological polar surface area (TPSA) is 81.1 Å². The lowest BCUT2D eigenvalue weighted by molar-refractivity contribution is 0.619. The zero-order chi connectivity index (χ0) is 15.7. The summed E-state index contributed by atoms with van der Waals surface area (Å²) in [5, 5.41) is 5.69. The molecule has 3 aromatic rings. The zero-order valence-electron chi connectivity index (χ0n) is 11.7. The smallest absolute Gasteiger partial charge is 0.274 e. The monoisotopic (exact) mass is 315 g/mol. The molecule has 0 aliphatic rings. The molecule has 0 radical (unpaired) electrons. The molecule has 1 N–H and O–H groups in total. The lowest BCUT2D eigenvalue weighted by Crippen LogP contribution is -2.20. The molecule has 0 bridgehead atoms. The molecule has 1 heterocycles. The largest absolute Gasteiger partial charge is 0.286 e. The summed E-state index contributed by atoms with van der Waals surface area (Å²) in [5.74, 6) is 0. The van der Waals surface area contributed by atoms with Crippen molar-refractivity contribution in [1.29, 1.82) is 0 Å². The summed E-state index contributed by atoms with van der Waals surface area (Å²) in [4.78, 5) is 12.1. The normalized spacial score (nSPS) is 11.0. The van der Waals surface area contributed by atoms with Gasteiger partial charge >= 0.3 is 0 Å². The Morgan fingerprint density at radius 2 is 1.64 bits per heavy atom. The Morgan fingerprint density at radius 1 is 1.00 bits per heavy atom. The van der Waals surface area contributed by atoms with E-state index in [1.165, 1.54) is 4.68 Å². The molecule has 0 spiro atoms. The van der Waals surface area contributed by atoms with Crippen LogP contribution < -0.4 is 10.3 Å². The van der Waals surface area contributed by atoms with Gasteiger partial charge in [0.15, 0.2) is 0 Å². The van der Waals surface area contributed by atoms with E-state index in [-0.39, 0.29) is 5.56 Å². The Labute approximate surface area is 128 Å². The summed E-state index contributed by atoms with van der Waals surface area (Å²) in [5.41, 5.74) is 1.81. The Hall–Kier alpha value is -2.67. The van der Waals surface area contributed by atoms with E-state index >= 15 is 0 Å². The molecule has 0 amide bonds. The van der Waals surface area contributed by atoms with Gasteiger partial charge in [0, 0.05) is 23.7 Å². The highest BCUT2D eigenvalue weighted by Gasteiger charge is 2.10. The molecule has 0 aliphatic carbocycles. The maximum absolute atomic E-state index is 12.1. The van der Waals surface area contributed by atoms with Crippen LogP contribution in [-0.4, -0.2) is 18.2 Å². The molecule has 7 heteroatoms. The second-order valence-corrected chi connectivity index (χ2v) is 5.51. The highest BCUT2D eigenvalue weighted by atomic mass is 32.2. The SMILES string of the molecule is Cn1nc(-c2ccc(N[SH](=O)=O)cc2)c2ccccc2c1=O. The molecule has 0 saturated heterocycles. The first-order valence-corrected chi connectivity index (χ1v) is 7.71. The summed E-state index contributed by atoms with van der Waals surface area (Å²) >= 11 is 0. The van der Waals surface area contributed by atoms with E-state index in [2.05, 4.69) is 9.82 Å². The third-order valence-electron chi connectivity index (χ3n) is 3.34. The lowest BCUT2D eigenvalue weighted by Gasteiger charge is -2.08. The van der Waals surface area contributed by atoms with Gasteiger partial charge in [-0.1, -0.05) is 30.3 Å². The van der Waals surface area contributed by atoms with Crippen molar-refractivity contribution in [3.05, 3.63) is 58.9 Å². The predicted molar refractivity (Wildman–Crippen MR) is 86.4 cm³/mol. The van der Waals surface area contributed by atoms with Crippen LogP contribution in [0.5, 0.6) is 0 Å². The number of benzene rings is 2. The molecule has 0 fully saturated rings. The van der Waals surface area contributed by atoms with Crippen molar-refractivity contribution in [3.63, 3.8) is 0 Å². The molecule has 0 atom stereocenters. The van der Waals surface area contributed by atoms with Crippen LogP contribution in [0.15, 0.2) is 53.3 Å². The summed E-state index contributed by atoms with van der Waals surface area (Å²) in [6, 6.07) is 14.1. The van der Waals surface area contributed by atoms with Gasteiger partial charge in [-0.05, 0) is 18.2 Å². The van der Waals surface area contributed by atoms with Crippen LogP contribution in [0.1, 0.15) is 0 Å². The summed E-state index contributed by atoms with van der Waals surface area (Å²) in [6.07, 6.45) is 0. The summed E-state index contributed by atoms with van der Waals surface area (Å²) in [7, 11) is -1.08. The molecular weight excluding hydrogens is 302 g/mol. The number of hydrogen-bond acceptors (Lipinski definition) is 4. The average Bonchev–Trinajstić information content (AvgIpc) is 2.51. The third kappa shape index (κ3) is 2.58. The third-order valence-corrected chi connectivity index (χ3v) is 3.78. The minimum Gasteiger partial charge on any atom is -0.286 e. The number of nitrogens with zero attached hydrogens (tertiary/aromatic N) is 2. The molecule has 1 aromatic heterocycles. The minimum atomic E-state index is -2.69. The summed E-state index contributed by atoms with van der Waals surface area (Å²) < 4.78 is 24.9. The van der Waals surface area contributed by atoms with E-state index in [0.717, 1.165) is 10.9 Å². The summed E-state index contributed by atoms with van der Waals surface area (Å²) in [6.45, 7) is 0. The number of aromatic nitrogens is 2. The van der Waals surface area contributed by atoms with Gasteiger partial charge in [-0.15, -0.1) is 0 Å². The standard InChI is InChI=1S/C15H13N3O3S/c1-18-15(19)13-5-3-2-4-12(13)14(16-18)10-6-8-11(9-7-10)17-22(20)21/h2-9,22H,1H3,(H,17,20,21). The van der Waals surface area contributed by atoms with E-state index < -0.39 is 10.9 Å². The van der Waals surface area contributed by atoms with Crippen LogP contribution in [0.3, 0.4) is 0 Å². The van der Waals surface area contributed by atoms with Crippen molar-refractivity contribution in [2.75, 3.05) is 4.72 Å². The first kappa shape index (κ1) is 14.3. The fourth-order valence-corrected chi connectivity index (χ4v) is 2.68. The molecule has 0 aliphatic heterocycles. The Balaban J connectivity index is 2.18. The van der Waals surface area contributed by atoms with Gasteiger partial charge in [-0.3, -0.25) is 9.52 Å².